The first-order chi connectivity index (χ1) is 6.88. The molecular formula is C10H16N2OS. The molecule has 1 atom stereocenters. The summed E-state index contributed by atoms with van der Waals surface area (Å²) in [6, 6.07) is 0. The summed E-state index contributed by atoms with van der Waals surface area (Å²) in [5.74, 6) is 0.483. The molecular weight excluding hydrogens is 196 g/mol. The van der Waals surface area contributed by atoms with Crippen LogP contribution in [0.3, 0.4) is 0 Å². The Morgan fingerprint density at radius 1 is 1.64 bits per heavy atom. The van der Waals surface area contributed by atoms with Crippen LogP contribution in [0.1, 0.15) is 17.7 Å². The smallest absolute Gasteiger partial charge is 0.0794 e. The summed E-state index contributed by atoms with van der Waals surface area (Å²) in [6.45, 7) is 3.53. The van der Waals surface area contributed by atoms with Gasteiger partial charge in [0, 0.05) is 30.8 Å². The number of aromatic nitrogens is 1. The van der Waals surface area contributed by atoms with Crippen molar-refractivity contribution < 1.29 is 5.11 Å². The highest BCUT2D eigenvalue weighted by Gasteiger charge is 2.19. The molecule has 0 spiro atoms. The average molecular weight is 212 g/mol. The number of hydrogen-bond acceptors (Lipinski definition) is 4. The number of aliphatic hydroxyl groups excluding tert-OH is 1. The fourth-order valence-electron chi connectivity index (χ4n) is 1.98. The third kappa shape index (κ3) is 2.53. The number of hydrogen-bond donors (Lipinski definition) is 1. The van der Waals surface area contributed by atoms with Crippen LogP contribution in [0.25, 0.3) is 0 Å². The van der Waals surface area contributed by atoms with Gasteiger partial charge in [-0.25, -0.2) is 0 Å². The predicted molar refractivity (Wildman–Crippen MR) is 57.2 cm³/mol. The lowest BCUT2D eigenvalue weighted by Crippen LogP contribution is -2.36. The number of aliphatic hydroxyl groups is 1. The van der Waals surface area contributed by atoms with Crippen LogP contribution >= 0.6 is 11.3 Å². The van der Waals surface area contributed by atoms with Crippen molar-refractivity contribution in [2.45, 2.75) is 19.4 Å². The molecule has 0 aromatic carbocycles. The molecule has 1 aliphatic heterocycles. The average Bonchev–Trinajstić information content (AvgIpc) is 2.71. The minimum atomic E-state index is 0.333. The summed E-state index contributed by atoms with van der Waals surface area (Å²) in [4.78, 5) is 7.81. The van der Waals surface area contributed by atoms with Crippen molar-refractivity contribution >= 4 is 11.3 Å². The molecule has 1 saturated heterocycles. The molecule has 1 aromatic heterocycles. The lowest BCUT2D eigenvalue weighted by molar-refractivity contribution is 0.116. The van der Waals surface area contributed by atoms with Gasteiger partial charge in [-0.15, -0.1) is 11.3 Å². The van der Waals surface area contributed by atoms with Crippen molar-refractivity contribution in [1.29, 1.82) is 0 Å². The zero-order valence-electron chi connectivity index (χ0n) is 8.22. The lowest BCUT2D eigenvalue weighted by Gasteiger charge is -2.31. The van der Waals surface area contributed by atoms with Gasteiger partial charge < -0.3 is 5.11 Å². The SMILES string of the molecule is OCC1CCCN(Cc2cncs2)C1. The molecule has 2 rings (SSSR count). The van der Waals surface area contributed by atoms with Gasteiger partial charge in [0.15, 0.2) is 0 Å². The van der Waals surface area contributed by atoms with Crippen molar-refractivity contribution in [2.75, 3.05) is 19.7 Å². The highest BCUT2D eigenvalue weighted by molar-refractivity contribution is 7.09. The van der Waals surface area contributed by atoms with Crippen LogP contribution in [0.5, 0.6) is 0 Å². The number of likely N-dealkylation sites (tertiary alicyclic amines) is 1. The molecule has 0 aliphatic carbocycles. The summed E-state index contributed by atoms with van der Waals surface area (Å²) in [5.41, 5.74) is 1.88. The van der Waals surface area contributed by atoms with Crippen LogP contribution in [0.15, 0.2) is 11.7 Å². The zero-order chi connectivity index (χ0) is 9.80. The van der Waals surface area contributed by atoms with Gasteiger partial charge in [-0.1, -0.05) is 0 Å². The molecule has 3 nitrogen and oxygen atoms in total. The van der Waals surface area contributed by atoms with Crippen molar-refractivity contribution in [2.24, 2.45) is 5.92 Å². The minimum absolute atomic E-state index is 0.333. The van der Waals surface area contributed by atoms with E-state index in [1.165, 1.54) is 17.7 Å². The first kappa shape index (κ1) is 10.1. The second-order valence-corrected chi connectivity index (χ2v) is 4.86. The third-order valence-corrected chi connectivity index (χ3v) is 3.49. The van der Waals surface area contributed by atoms with Gasteiger partial charge in [-0.2, -0.15) is 0 Å². The van der Waals surface area contributed by atoms with E-state index in [-0.39, 0.29) is 0 Å². The molecule has 1 unspecified atom stereocenters. The highest BCUT2D eigenvalue weighted by atomic mass is 32.1. The fourth-order valence-corrected chi connectivity index (χ4v) is 2.62. The molecule has 1 fully saturated rings. The third-order valence-electron chi connectivity index (χ3n) is 2.72. The summed E-state index contributed by atoms with van der Waals surface area (Å²) in [7, 11) is 0. The van der Waals surface area contributed by atoms with Crippen molar-refractivity contribution in [1.82, 2.24) is 9.88 Å². The van der Waals surface area contributed by atoms with Gasteiger partial charge >= 0.3 is 0 Å². The summed E-state index contributed by atoms with van der Waals surface area (Å²) in [5, 5.41) is 9.10. The first-order valence-corrected chi connectivity index (χ1v) is 5.97. The van der Waals surface area contributed by atoms with E-state index in [1.807, 2.05) is 11.7 Å². The van der Waals surface area contributed by atoms with Gasteiger partial charge in [0.05, 0.1) is 5.51 Å². The molecule has 0 saturated carbocycles. The monoisotopic (exact) mass is 212 g/mol. The van der Waals surface area contributed by atoms with E-state index in [9.17, 15) is 0 Å². The quantitative estimate of drug-likeness (QED) is 0.821. The molecule has 0 radical (unpaired) electrons. The maximum absolute atomic E-state index is 9.10. The second-order valence-electron chi connectivity index (χ2n) is 3.89. The Labute approximate surface area is 88.4 Å². The summed E-state index contributed by atoms with van der Waals surface area (Å²) in [6.07, 6.45) is 4.33. The number of piperidine rings is 1. The molecule has 4 heteroatoms. The Morgan fingerprint density at radius 2 is 2.57 bits per heavy atom. The Balaban J connectivity index is 1.86. The maximum atomic E-state index is 9.10. The highest BCUT2D eigenvalue weighted by Crippen LogP contribution is 2.19. The summed E-state index contributed by atoms with van der Waals surface area (Å²) >= 11 is 1.71. The largest absolute Gasteiger partial charge is 0.396 e. The molecule has 1 aromatic rings. The molecule has 2 heterocycles. The molecule has 1 N–H and O–H groups in total. The van der Waals surface area contributed by atoms with E-state index in [0.29, 0.717) is 12.5 Å². The van der Waals surface area contributed by atoms with E-state index in [2.05, 4.69) is 9.88 Å². The first-order valence-electron chi connectivity index (χ1n) is 5.09. The fraction of sp³-hybridized carbons (Fsp3) is 0.700. The van der Waals surface area contributed by atoms with E-state index < -0.39 is 0 Å². The van der Waals surface area contributed by atoms with Crippen LogP contribution < -0.4 is 0 Å². The van der Waals surface area contributed by atoms with Crippen molar-refractivity contribution in [3.63, 3.8) is 0 Å². The Morgan fingerprint density at radius 3 is 3.29 bits per heavy atom. The Bertz CT molecular complexity index is 263. The van der Waals surface area contributed by atoms with Crippen LogP contribution in [0.4, 0.5) is 0 Å². The van der Waals surface area contributed by atoms with Gasteiger partial charge in [0.2, 0.25) is 0 Å². The molecule has 14 heavy (non-hydrogen) atoms. The minimum Gasteiger partial charge on any atom is -0.396 e. The number of rotatable bonds is 3. The normalized spacial score (nSPS) is 23.9. The van der Waals surface area contributed by atoms with E-state index >= 15 is 0 Å². The second kappa shape index (κ2) is 4.87. The van der Waals surface area contributed by atoms with E-state index in [4.69, 9.17) is 5.11 Å². The zero-order valence-corrected chi connectivity index (χ0v) is 9.04. The van der Waals surface area contributed by atoms with E-state index in [0.717, 1.165) is 19.6 Å². The van der Waals surface area contributed by atoms with Gasteiger partial charge in [-0.3, -0.25) is 9.88 Å². The summed E-state index contributed by atoms with van der Waals surface area (Å²) < 4.78 is 0. The molecule has 0 bridgehead atoms. The van der Waals surface area contributed by atoms with Gasteiger partial charge in [-0.05, 0) is 25.3 Å². The number of nitrogens with zero attached hydrogens (tertiary/aromatic N) is 2. The Hall–Kier alpha value is -0.450. The van der Waals surface area contributed by atoms with Gasteiger partial charge in [0.1, 0.15) is 0 Å². The molecule has 0 amide bonds. The predicted octanol–water partition coefficient (Wildman–Crippen LogP) is 1.35. The lowest BCUT2D eigenvalue weighted by atomic mass is 9.99. The van der Waals surface area contributed by atoms with Crippen LogP contribution in [-0.2, 0) is 6.54 Å². The topological polar surface area (TPSA) is 36.4 Å². The Kier molecular flexibility index (Phi) is 3.50. The van der Waals surface area contributed by atoms with Crippen LogP contribution in [-0.4, -0.2) is 34.7 Å². The van der Waals surface area contributed by atoms with E-state index in [1.54, 1.807) is 11.3 Å². The number of thiazole rings is 1. The van der Waals surface area contributed by atoms with Gasteiger partial charge in [0.25, 0.3) is 0 Å². The standard InChI is InChI=1S/C10H16N2OS/c13-7-9-2-1-3-12(5-9)6-10-4-11-8-14-10/h4,8-9,13H,1-3,5-7H2. The molecule has 1 aliphatic rings. The van der Waals surface area contributed by atoms with Crippen molar-refractivity contribution in [3.05, 3.63) is 16.6 Å². The molecule has 78 valence electrons. The van der Waals surface area contributed by atoms with Crippen LogP contribution in [0.2, 0.25) is 0 Å². The van der Waals surface area contributed by atoms with Crippen LogP contribution in [0, 0.1) is 5.92 Å². The van der Waals surface area contributed by atoms with Crippen molar-refractivity contribution in [3.8, 4) is 0 Å². The maximum Gasteiger partial charge on any atom is 0.0794 e.